The van der Waals surface area contributed by atoms with E-state index in [1.54, 1.807) is 23.3 Å². The molecule has 1 atom stereocenters. The summed E-state index contributed by atoms with van der Waals surface area (Å²) in [4.78, 5) is 28.7. The van der Waals surface area contributed by atoms with Crippen LogP contribution in [0.5, 0.6) is 0 Å². The van der Waals surface area contributed by atoms with E-state index < -0.39 is 5.60 Å². The van der Waals surface area contributed by atoms with Gasteiger partial charge >= 0.3 is 12.1 Å². The van der Waals surface area contributed by atoms with Crippen LogP contribution in [0.1, 0.15) is 24.1 Å². The summed E-state index contributed by atoms with van der Waals surface area (Å²) in [7, 11) is 1.76. The van der Waals surface area contributed by atoms with Crippen LogP contribution in [-0.4, -0.2) is 60.8 Å². The van der Waals surface area contributed by atoms with Crippen LogP contribution in [0.2, 0.25) is 0 Å². The Morgan fingerprint density at radius 1 is 1.43 bits per heavy atom. The number of thiophene rings is 1. The van der Waals surface area contributed by atoms with Gasteiger partial charge in [-0.1, -0.05) is 6.07 Å². The molecule has 0 bridgehead atoms. The van der Waals surface area contributed by atoms with E-state index in [4.69, 9.17) is 4.74 Å². The molecule has 7 heteroatoms. The second-order valence-electron chi connectivity index (χ2n) is 6.31. The highest BCUT2D eigenvalue weighted by Gasteiger charge is 2.44. The molecule has 126 valence electrons. The number of urea groups is 1. The van der Waals surface area contributed by atoms with Crippen molar-refractivity contribution in [2.75, 3.05) is 33.2 Å². The zero-order chi connectivity index (χ0) is 16.3. The number of likely N-dealkylation sites (N-methyl/N-ethyl adjacent to an activating group) is 1. The maximum Gasteiger partial charge on any atom is 0.410 e. The Labute approximate surface area is 140 Å². The average molecular weight is 337 g/mol. The minimum atomic E-state index is -0.405. The highest BCUT2D eigenvalue weighted by Crippen LogP contribution is 2.32. The molecule has 2 fully saturated rings. The van der Waals surface area contributed by atoms with E-state index in [2.05, 4.69) is 11.4 Å². The summed E-state index contributed by atoms with van der Waals surface area (Å²) in [5.74, 6) is 0. The minimum absolute atomic E-state index is 0.0173. The van der Waals surface area contributed by atoms with Crippen molar-refractivity contribution in [3.8, 4) is 0 Å². The van der Waals surface area contributed by atoms with E-state index in [1.165, 1.54) is 4.88 Å². The van der Waals surface area contributed by atoms with Crippen LogP contribution < -0.4 is 5.32 Å². The van der Waals surface area contributed by atoms with Gasteiger partial charge in [0.2, 0.25) is 0 Å². The first kappa shape index (κ1) is 16.1. The zero-order valence-electron chi connectivity index (χ0n) is 13.4. The van der Waals surface area contributed by atoms with Gasteiger partial charge in [-0.15, -0.1) is 11.3 Å². The van der Waals surface area contributed by atoms with Crippen LogP contribution in [-0.2, 0) is 11.2 Å². The van der Waals surface area contributed by atoms with Gasteiger partial charge in [-0.05, 0) is 30.7 Å². The predicted octanol–water partition coefficient (Wildman–Crippen LogP) is 2.31. The van der Waals surface area contributed by atoms with E-state index in [0.717, 1.165) is 19.3 Å². The molecule has 0 aliphatic carbocycles. The van der Waals surface area contributed by atoms with Gasteiger partial charge in [0.15, 0.2) is 0 Å². The highest BCUT2D eigenvalue weighted by molar-refractivity contribution is 7.09. The van der Waals surface area contributed by atoms with Crippen molar-refractivity contribution in [2.24, 2.45) is 0 Å². The molecule has 0 saturated carbocycles. The van der Waals surface area contributed by atoms with E-state index in [9.17, 15) is 9.59 Å². The van der Waals surface area contributed by atoms with Gasteiger partial charge in [0.05, 0.1) is 6.54 Å². The van der Waals surface area contributed by atoms with Crippen molar-refractivity contribution in [3.63, 3.8) is 0 Å². The molecule has 1 unspecified atom stereocenters. The molecule has 1 N–H and O–H groups in total. The highest BCUT2D eigenvalue weighted by atomic mass is 32.1. The molecule has 0 aromatic carbocycles. The molecule has 2 aliphatic heterocycles. The Kier molecular flexibility index (Phi) is 4.75. The Balaban J connectivity index is 1.47. The number of hydrogen-bond donors (Lipinski definition) is 1. The SMILES string of the molecule is CN1CC2(CCCN(C(=O)NCCc3cccs3)CC2)OC1=O. The third-order valence-electron chi connectivity index (χ3n) is 4.55. The van der Waals surface area contributed by atoms with Crippen LogP contribution in [0.3, 0.4) is 0 Å². The van der Waals surface area contributed by atoms with E-state index in [-0.39, 0.29) is 12.1 Å². The summed E-state index contributed by atoms with van der Waals surface area (Å²) in [6, 6.07) is 4.09. The third kappa shape index (κ3) is 3.77. The standard InChI is InChI=1S/C16H23N3O3S/c1-18-12-16(22-15(18)21)6-3-9-19(10-7-16)14(20)17-8-5-13-4-2-11-23-13/h2,4,11H,3,5-10,12H2,1H3,(H,17,20). The fourth-order valence-corrected chi connectivity index (χ4v) is 3.99. The van der Waals surface area contributed by atoms with Crippen LogP contribution in [0.4, 0.5) is 9.59 Å². The molecule has 1 aromatic rings. The Bertz CT molecular complexity index is 563. The van der Waals surface area contributed by atoms with Crippen molar-refractivity contribution in [1.82, 2.24) is 15.1 Å². The molecule has 3 heterocycles. The van der Waals surface area contributed by atoms with Crippen molar-refractivity contribution in [1.29, 1.82) is 0 Å². The van der Waals surface area contributed by atoms with Crippen LogP contribution >= 0.6 is 11.3 Å². The van der Waals surface area contributed by atoms with E-state index >= 15 is 0 Å². The molecular formula is C16H23N3O3S. The van der Waals surface area contributed by atoms with Crippen LogP contribution in [0.15, 0.2) is 17.5 Å². The summed E-state index contributed by atoms with van der Waals surface area (Å²) in [5, 5.41) is 5.04. The summed E-state index contributed by atoms with van der Waals surface area (Å²) < 4.78 is 5.57. The number of nitrogens with zero attached hydrogens (tertiary/aromatic N) is 2. The average Bonchev–Trinajstić information content (AvgIpc) is 3.06. The molecule has 6 nitrogen and oxygen atoms in total. The number of hydrogen-bond acceptors (Lipinski definition) is 4. The topological polar surface area (TPSA) is 61.9 Å². The largest absolute Gasteiger partial charge is 0.441 e. The van der Waals surface area contributed by atoms with Gasteiger partial charge < -0.3 is 19.9 Å². The van der Waals surface area contributed by atoms with Crippen molar-refractivity contribution >= 4 is 23.5 Å². The van der Waals surface area contributed by atoms with E-state index in [0.29, 0.717) is 32.6 Å². The number of amides is 3. The molecule has 2 aliphatic rings. The Morgan fingerprint density at radius 3 is 3.00 bits per heavy atom. The Hall–Kier alpha value is -1.76. The lowest BCUT2D eigenvalue weighted by Gasteiger charge is -2.25. The number of carbonyl (C=O) groups excluding carboxylic acids is 2. The summed E-state index contributed by atoms with van der Waals surface area (Å²) >= 11 is 1.71. The maximum atomic E-state index is 12.3. The minimum Gasteiger partial charge on any atom is -0.441 e. The van der Waals surface area contributed by atoms with E-state index in [1.807, 2.05) is 16.3 Å². The molecule has 2 saturated heterocycles. The van der Waals surface area contributed by atoms with Gasteiger partial charge in [0.25, 0.3) is 0 Å². The lowest BCUT2D eigenvalue weighted by molar-refractivity contribution is 0.0453. The zero-order valence-corrected chi connectivity index (χ0v) is 14.2. The first-order valence-corrected chi connectivity index (χ1v) is 8.95. The summed E-state index contributed by atoms with van der Waals surface area (Å²) in [5.41, 5.74) is -0.405. The maximum absolute atomic E-state index is 12.3. The fourth-order valence-electron chi connectivity index (χ4n) is 3.28. The van der Waals surface area contributed by atoms with Gasteiger partial charge in [0, 0.05) is 38.0 Å². The summed E-state index contributed by atoms with van der Waals surface area (Å²) in [6.45, 7) is 2.62. The molecule has 0 radical (unpaired) electrons. The fraction of sp³-hybridized carbons (Fsp3) is 0.625. The number of ether oxygens (including phenoxy) is 1. The second kappa shape index (κ2) is 6.78. The first-order chi connectivity index (χ1) is 11.1. The Morgan fingerprint density at radius 2 is 2.30 bits per heavy atom. The number of nitrogens with one attached hydrogen (secondary N) is 1. The first-order valence-electron chi connectivity index (χ1n) is 8.07. The summed E-state index contributed by atoms with van der Waals surface area (Å²) in [6.07, 6.45) is 3.01. The molecule has 23 heavy (non-hydrogen) atoms. The van der Waals surface area contributed by atoms with Crippen LogP contribution in [0, 0.1) is 0 Å². The normalized spacial score (nSPS) is 24.7. The molecular weight excluding hydrogens is 314 g/mol. The van der Waals surface area contributed by atoms with Crippen molar-refractivity contribution < 1.29 is 14.3 Å². The van der Waals surface area contributed by atoms with Crippen molar-refractivity contribution in [3.05, 3.63) is 22.4 Å². The lowest BCUT2D eigenvalue weighted by Crippen LogP contribution is -2.42. The predicted molar refractivity (Wildman–Crippen MR) is 88.7 cm³/mol. The van der Waals surface area contributed by atoms with Crippen LogP contribution in [0.25, 0.3) is 0 Å². The molecule has 1 spiro atoms. The second-order valence-corrected chi connectivity index (χ2v) is 7.34. The number of carbonyl (C=O) groups is 2. The monoisotopic (exact) mass is 337 g/mol. The number of rotatable bonds is 3. The lowest BCUT2D eigenvalue weighted by atomic mass is 9.95. The smallest absolute Gasteiger partial charge is 0.410 e. The molecule has 3 amide bonds. The third-order valence-corrected chi connectivity index (χ3v) is 5.49. The number of likely N-dealkylation sites (tertiary alicyclic amines) is 1. The van der Waals surface area contributed by atoms with Crippen molar-refractivity contribution in [2.45, 2.75) is 31.3 Å². The van der Waals surface area contributed by atoms with Gasteiger partial charge in [-0.2, -0.15) is 0 Å². The van der Waals surface area contributed by atoms with Gasteiger partial charge in [-0.25, -0.2) is 9.59 Å². The van der Waals surface area contributed by atoms with Gasteiger partial charge in [-0.3, -0.25) is 0 Å². The quantitative estimate of drug-likeness (QED) is 0.921. The molecule has 1 aromatic heterocycles. The van der Waals surface area contributed by atoms with Gasteiger partial charge in [0.1, 0.15) is 5.60 Å². The molecule has 3 rings (SSSR count).